The average Bonchev–Trinajstić information content (AvgIpc) is 2.28. The Bertz CT molecular complexity index is 421. The predicted octanol–water partition coefficient (Wildman–Crippen LogP) is 1.99. The second kappa shape index (κ2) is 3.85. The number of carbonyl (C=O) groups excluding carboxylic acids is 2. The normalized spacial score (nSPS) is 14.6. The Morgan fingerprint density at radius 2 is 2.13 bits per heavy atom. The van der Waals surface area contributed by atoms with E-state index in [2.05, 4.69) is 4.74 Å². The molecule has 0 saturated carbocycles. The molecular weight excluding hydrogens is 192 g/mol. The fraction of sp³-hybridized carbons (Fsp3) is 0.333. The van der Waals surface area contributed by atoms with Crippen molar-refractivity contribution in [2.24, 2.45) is 0 Å². The van der Waals surface area contributed by atoms with Gasteiger partial charge in [-0.15, -0.1) is 0 Å². The molecule has 0 bridgehead atoms. The lowest BCUT2D eigenvalue weighted by atomic mass is 9.87. The van der Waals surface area contributed by atoms with E-state index in [-0.39, 0.29) is 5.78 Å². The van der Waals surface area contributed by atoms with Gasteiger partial charge in [0.15, 0.2) is 5.78 Å². The van der Waals surface area contributed by atoms with Crippen LogP contribution in [0.15, 0.2) is 18.2 Å². The molecular formula is C12H12O3. The van der Waals surface area contributed by atoms with Crippen molar-refractivity contribution in [3.8, 4) is 0 Å². The third kappa shape index (κ3) is 1.65. The summed E-state index contributed by atoms with van der Waals surface area (Å²) in [6, 6.07) is 5.34. The first-order valence-corrected chi connectivity index (χ1v) is 4.97. The molecule has 3 heteroatoms. The SMILES string of the molecule is COC(=O)c1cccc2c1C(=O)CCC2. The van der Waals surface area contributed by atoms with Crippen LogP contribution in [0, 0.1) is 0 Å². The number of ether oxygens (including phenoxy) is 1. The molecule has 0 amide bonds. The number of ketones is 1. The van der Waals surface area contributed by atoms with E-state index in [0.29, 0.717) is 17.5 Å². The van der Waals surface area contributed by atoms with Crippen molar-refractivity contribution in [3.63, 3.8) is 0 Å². The molecule has 0 atom stereocenters. The maximum Gasteiger partial charge on any atom is 0.338 e. The number of hydrogen-bond donors (Lipinski definition) is 0. The van der Waals surface area contributed by atoms with Crippen LogP contribution in [-0.2, 0) is 11.2 Å². The zero-order valence-corrected chi connectivity index (χ0v) is 8.58. The number of esters is 1. The van der Waals surface area contributed by atoms with Crippen molar-refractivity contribution >= 4 is 11.8 Å². The number of carbonyl (C=O) groups is 2. The van der Waals surface area contributed by atoms with E-state index >= 15 is 0 Å². The Morgan fingerprint density at radius 1 is 1.33 bits per heavy atom. The van der Waals surface area contributed by atoms with Crippen LogP contribution < -0.4 is 0 Å². The van der Waals surface area contributed by atoms with Crippen LogP contribution in [0.3, 0.4) is 0 Å². The van der Waals surface area contributed by atoms with E-state index in [1.807, 2.05) is 6.07 Å². The first-order chi connectivity index (χ1) is 7.24. The Balaban J connectivity index is 2.56. The summed E-state index contributed by atoms with van der Waals surface area (Å²) in [6.07, 6.45) is 2.27. The molecule has 1 aromatic carbocycles. The lowest BCUT2D eigenvalue weighted by Crippen LogP contribution is -2.17. The van der Waals surface area contributed by atoms with Crippen LogP contribution in [-0.4, -0.2) is 18.9 Å². The second-order valence-electron chi connectivity index (χ2n) is 3.61. The fourth-order valence-corrected chi connectivity index (χ4v) is 1.98. The molecule has 0 radical (unpaired) electrons. The molecule has 0 aromatic heterocycles. The number of fused-ring (bicyclic) bond motifs is 1. The van der Waals surface area contributed by atoms with Gasteiger partial charge in [0.25, 0.3) is 0 Å². The maximum atomic E-state index is 11.7. The summed E-state index contributed by atoms with van der Waals surface area (Å²) in [5.74, 6) is -0.376. The van der Waals surface area contributed by atoms with Crippen LogP contribution in [0.5, 0.6) is 0 Å². The van der Waals surface area contributed by atoms with Crippen LogP contribution in [0.1, 0.15) is 39.1 Å². The highest BCUT2D eigenvalue weighted by Crippen LogP contribution is 2.24. The number of methoxy groups -OCH3 is 1. The number of Topliss-reactive ketones (excluding diaryl/α,β-unsaturated/α-hetero) is 1. The lowest BCUT2D eigenvalue weighted by Gasteiger charge is -2.16. The zero-order chi connectivity index (χ0) is 10.8. The highest BCUT2D eigenvalue weighted by molar-refractivity contribution is 6.07. The van der Waals surface area contributed by atoms with Crippen molar-refractivity contribution in [1.82, 2.24) is 0 Å². The Kier molecular flexibility index (Phi) is 2.54. The van der Waals surface area contributed by atoms with E-state index < -0.39 is 5.97 Å². The molecule has 0 N–H and O–H groups in total. The lowest BCUT2D eigenvalue weighted by molar-refractivity contribution is 0.0596. The third-order valence-corrected chi connectivity index (χ3v) is 2.68. The smallest absolute Gasteiger partial charge is 0.338 e. The van der Waals surface area contributed by atoms with Gasteiger partial charge in [-0.25, -0.2) is 4.79 Å². The monoisotopic (exact) mass is 204 g/mol. The summed E-state index contributed by atoms with van der Waals surface area (Å²) in [7, 11) is 1.33. The summed E-state index contributed by atoms with van der Waals surface area (Å²) in [4.78, 5) is 23.2. The van der Waals surface area contributed by atoms with Crippen molar-refractivity contribution in [2.45, 2.75) is 19.3 Å². The minimum absolute atomic E-state index is 0.0530. The van der Waals surface area contributed by atoms with Crippen molar-refractivity contribution in [2.75, 3.05) is 7.11 Å². The van der Waals surface area contributed by atoms with Crippen molar-refractivity contribution < 1.29 is 14.3 Å². The molecule has 78 valence electrons. The topological polar surface area (TPSA) is 43.4 Å². The van der Waals surface area contributed by atoms with Gasteiger partial charge in [-0.2, -0.15) is 0 Å². The van der Waals surface area contributed by atoms with Crippen LogP contribution in [0.25, 0.3) is 0 Å². The Morgan fingerprint density at radius 3 is 2.87 bits per heavy atom. The molecule has 3 nitrogen and oxygen atoms in total. The van der Waals surface area contributed by atoms with Gasteiger partial charge in [0.2, 0.25) is 0 Å². The first-order valence-electron chi connectivity index (χ1n) is 4.97. The van der Waals surface area contributed by atoms with Crippen LogP contribution in [0.2, 0.25) is 0 Å². The zero-order valence-electron chi connectivity index (χ0n) is 8.58. The Hall–Kier alpha value is -1.64. The van der Waals surface area contributed by atoms with Gasteiger partial charge in [0.1, 0.15) is 0 Å². The van der Waals surface area contributed by atoms with Gasteiger partial charge in [-0.3, -0.25) is 4.79 Å². The van der Waals surface area contributed by atoms with E-state index in [1.165, 1.54) is 7.11 Å². The molecule has 2 rings (SSSR count). The molecule has 0 fully saturated rings. The average molecular weight is 204 g/mol. The first kappa shape index (κ1) is 9.90. The largest absolute Gasteiger partial charge is 0.465 e. The van der Waals surface area contributed by atoms with Gasteiger partial charge < -0.3 is 4.74 Å². The summed E-state index contributed by atoms with van der Waals surface area (Å²) in [5.41, 5.74) is 1.93. The third-order valence-electron chi connectivity index (χ3n) is 2.68. The molecule has 1 aliphatic rings. The van der Waals surface area contributed by atoms with Crippen LogP contribution >= 0.6 is 0 Å². The van der Waals surface area contributed by atoms with Gasteiger partial charge in [0, 0.05) is 12.0 Å². The summed E-state index contributed by atoms with van der Waals surface area (Å²) in [6.45, 7) is 0. The van der Waals surface area contributed by atoms with Crippen molar-refractivity contribution in [1.29, 1.82) is 0 Å². The molecule has 0 spiro atoms. The van der Waals surface area contributed by atoms with E-state index in [9.17, 15) is 9.59 Å². The van der Waals surface area contributed by atoms with Gasteiger partial charge >= 0.3 is 5.97 Å². The van der Waals surface area contributed by atoms with Gasteiger partial charge in [-0.1, -0.05) is 12.1 Å². The summed E-state index contributed by atoms with van der Waals surface area (Å²) in [5, 5.41) is 0. The molecule has 0 unspecified atom stereocenters. The second-order valence-corrected chi connectivity index (χ2v) is 3.61. The van der Waals surface area contributed by atoms with Gasteiger partial charge in [-0.05, 0) is 24.5 Å². The molecule has 0 heterocycles. The molecule has 0 saturated heterocycles. The fourth-order valence-electron chi connectivity index (χ4n) is 1.98. The minimum Gasteiger partial charge on any atom is -0.465 e. The summed E-state index contributed by atoms with van der Waals surface area (Å²) >= 11 is 0. The highest BCUT2D eigenvalue weighted by atomic mass is 16.5. The quantitative estimate of drug-likeness (QED) is 0.657. The molecule has 1 aliphatic carbocycles. The summed E-state index contributed by atoms with van der Waals surface area (Å²) < 4.78 is 4.66. The number of benzene rings is 1. The van der Waals surface area contributed by atoms with Crippen molar-refractivity contribution in [3.05, 3.63) is 34.9 Å². The molecule has 1 aromatic rings. The molecule has 15 heavy (non-hydrogen) atoms. The van der Waals surface area contributed by atoms with E-state index in [1.54, 1.807) is 12.1 Å². The number of hydrogen-bond acceptors (Lipinski definition) is 3. The minimum atomic E-state index is -0.429. The number of aryl methyl sites for hydroxylation is 1. The van der Waals surface area contributed by atoms with Crippen LogP contribution in [0.4, 0.5) is 0 Å². The van der Waals surface area contributed by atoms with E-state index in [4.69, 9.17) is 0 Å². The number of rotatable bonds is 1. The van der Waals surface area contributed by atoms with Gasteiger partial charge in [0.05, 0.1) is 12.7 Å². The highest BCUT2D eigenvalue weighted by Gasteiger charge is 2.23. The molecule has 0 aliphatic heterocycles. The standard InChI is InChI=1S/C12H12O3/c1-15-12(14)9-6-2-4-8-5-3-7-10(13)11(8)9/h2,4,6H,3,5,7H2,1H3. The van der Waals surface area contributed by atoms with E-state index in [0.717, 1.165) is 18.4 Å². The maximum absolute atomic E-state index is 11.7. The predicted molar refractivity (Wildman–Crippen MR) is 55.1 cm³/mol. The Labute approximate surface area is 88.1 Å².